The maximum atomic E-state index is 11.9. The zero-order valence-electron chi connectivity index (χ0n) is 9.08. The molecule has 1 aliphatic rings. The summed E-state index contributed by atoms with van der Waals surface area (Å²) in [7, 11) is 0. The van der Waals surface area contributed by atoms with Crippen LogP contribution in [0.5, 0.6) is 0 Å². The Morgan fingerprint density at radius 2 is 1.71 bits per heavy atom. The summed E-state index contributed by atoms with van der Waals surface area (Å²) in [5.74, 6) is -0.236. The number of imide groups is 1. The van der Waals surface area contributed by atoms with Crippen LogP contribution in [0.2, 0.25) is 5.02 Å². The second kappa shape index (κ2) is 5.35. The molecule has 1 aliphatic heterocycles. The highest BCUT2D eigenvalue weighted by Gasteiger charge is 2.26. The van der Waals surface area contributed by atoms with E-state index in [2.05, 4.69) is 22.6 Å². The largest absolute Gasteiger partial charge is 0.274 e. The summed E-state index contributed by atoms with van der Waals surface area (Å²) in [5.41, 5.74) is 0.645. The highest BCUT2D eigenvalue weighted by molar-refractivity contribution is 14.1. The van der Waals surface area contributed by atoms with E-state index in [1.54, 1.807) is 18.2 Å². The number of hydrogen-bond donors (Lipinski definition) is 0. The van der Waals surface area contributed by atoms with Crippen molar-refractivity contribution < 1.29 is 9.59 Å². The van der Waals surface area contributed by atoms with Crippen LogP contribution in [-0.4, -0.2) is 11.8 Å². The Kier molecular flexibility index (Phi) is 4.04. The first-order valence-electron chi connectivity index (χ1n) is 5.40. The average Bonchev–Trinajstić information content (AvgIpc) is 2.42. The highest BCUT2D eigenvalue weighted by atomic mass is 127. The summed E-state index contributed by atoms with van der Waals surface area (Å²) in [6.07, 6.45) is 2.44. The third-order valence-corrected chi connectivity index (χ3v) is 3.78. The van der Waals surface area contributed by atoms with Crippen LogP contribution in [0.25, 0.3) is 0 Å². The van der Waals surface area contributed by atoms with E-state index in [9.17, 15) is 9.59 Å². The lowest BCUT2D eigenvalue weighted by molar-refractivity contribution is -0.125. The van der Waals surface area contributed by atoms with Crippen molar-refractivity contribution >= 4 is 51.7 Å². The molecule has 1 heterocycles. The summed E-state index contributed by atoms with van der Waals surface area (Å²) in [6, 6.07) is 5.18. The Morgan fingerprint density at radius 1 is 1.12 bits per heavy atom. The molecule has 17 heavy (non-hydrogen) atoms. The van der Waals surface area contributed by atoms with Crippen molar-refractivity contribution in [2.45, 2.75) is 25.7 Å². The van der Waals surface area contributed by atoms with Crippen molar-refractivity contribution in [3.8, 4) is 0 Å². The van der Waals surface area contributed by atoms with Crippen LogP contribution in [0.1, 0.15) is 25.7 Å². The van der Waals surface area contributed by atoms with Crippen LogP contribution < -0.4 is 4.90 Å². The molecule has 1 saturated heterocycles. The predicted octanol–water partition coefficient (Wildman–Crippen LogP) is 3.38. The second-order valence-electron chi connectivity index (χ2n) is 3.93. The standard InChI is InChI=1S/C12H11ClINO2/c13-8-5-6-10(9(14)7-8)15-11(16)3-1-2-4-12(15)17/h5-7H,1-4H2. The zero-order chi connectivity index (χ0) is 12.4. The molecule has 1 aromatic carbocycles. The van der Waals surface area contributed by atoms with Gasteiger partial charge in [-0.25, -0.2) is 4.90 Å². The molecular weight excluding hydrogens is 352 g/mol. The van der Waals surface area contributed by atoms with Gasteiger partial charge in [0.05, 0.1) is 5.69 Å². The van der Waals surface area contributed by atoms with Gasteiger partial charge in [-0.05, 0) is 53.6 Å². The number of benzene rings is 1. The molecule has 0 saturated carbocycles. The van der Waals surface area contributed by atoms with E-state index in [4.69, 9.17) is 11.6 Å². The molecule has 5 heteroatoms. The number of hydrogen-bond acceptors (Lipinski definition) is 2. The van der Waals surface area contributed by atoms with Crippen LogP contribution in [0.15, 0.2) is 18.2 Å². The lowest BCUT2D eigenvalue weighted by Gasteiger charge is -2.20. The Morgan fingerprint density at radius 3 is 2.24 bits per heavy atom. The summed E-state index contributed by atoms with van der Waals surface area (Å²) in [6.45, 7) is 0. The van der Waals surface area contributed by atoms with Crippen LogP contribution in [0.4, 0.5) is 5.69 Å². The molecule has 0 unspecified atom stereocenters. The van der Waals surface area contributed by atoms with Gasteiger partial charge in [0, 0.05) is 21.4 Å². The molecule has 0 aromatic heterocycles. The second-order valence-corrected chi connectivity index (χ2v) is 5.52. The lowest BCUT2D eigenvalue weighted by Crippen LogP contribution is -2.35. The van der Waals surface area contributed by atoms with Gasteiger partial charge in [0.1, 0.15) is 0 Å². The fourth-order valence-corrected chi connectivity index (χ4v) is 2.96. The fraction of sp³-hybridized carbons (Fsp3) is 0.333. The molecule has 0 atom stereocenters. The SMILES string of the molecule is O=C1CCCCC(=O)N1c1ccc(Cl)cc1I. The van der Waals surface area contributed by atoms with E-state index in [1.807, 2.05) is 0 Å². The summed E-state index contributed by atoms with van der Waals surface area (Å²) in [4.78, 5) is 25.2. The number of nitrogens with zero attached hydrogens (tertiary/aromatic N) is 1. The van der Waals surface area contributed by atoms with Gasteiger partial charge in [-0.1, -0.05) is 11.6 Å². The number of carbonyl (C=O) groups excluding carboxylic acids is 2. The van der Waals surface area contributed by atoms with Gasteiger partial charge < -0.3 is 0 Å². The fourth-order valence-electron chi connectivity index (χ4n) is 1.85. The number of rotatable bonds is 1. The van der Waals surface area contributed by atoms with Crippen molar-refractivity contribution in [1.82, 2.24) is 0 Å². The van der Waals surface area contributed by atoms with Crippen LogP contribution in [0, 0.1) is 3.57 Å². The van der Waals surface area contributed by atoms with Crippen molar-refractivity contribution in [2.24, 2.45) is 0 Å². The van der Waals surface area contributed by atoms with Gasteiger partial charge in [0.2, 0.25) is 11.8 Å². The smallest absolute Gasteiger partial charge is 0.233 e. The molecule has 1 fully saturated rings. The van der Waals surface area contributed by atoms with Crippen molar-refractivity contribution in [3.63, 3.8) is 0 Å². The topological polar surface area (TPSA) is 37.4 Å². The first kappa shape index (κ1) is 12.8. The van der Waals surface area contributed by atoms with Crippen LogP contribution in [0.3, 0.4) is 0 Å². The molecule has 0 radical (unpaired) electrons. The van der Waals surface area contributed by atoms with Gasteiger partial charge >= 0.3 is 0 Å². The quantitative estimate of drug-likeness (QED) is 0.567. The number of carbonyl (C=O) groups is 2. The van der Waals surface area contributed by atoms with E-state index >= 15 is 0 Å². The molecule has 0 N–H and O–H groups in total. The minimum atomic E-state index is -0.118. The Balaban J connectivity index is 2.41. The molecule has 0 aliphatic carbocycles. The van der Waals surface area contributed by atoms with Gasteiger partial charge in [0.15, 0.2) is 0 Å². The monoisotopic (exact) mass is 363 g/mol. The maximum Gasteiger partial charge on any atom is 0.233 e. The normalized spacial score (nSPS) is 17.2. The highest BCUT2D eigenvalue weighted by Crippen LogP contribution is 2.28. The Labute approximate surface area is 118 Å². The van der Waals surface area contributed by atoms with Gasteiger partial charge in [0.25, 0.3) is 0 Å². The van der Waals surface area contributed by atoms with Gasteiger partial charge in [-0.2, -0.15) is 0 Å². The average molecular weight is 364 g/mol. The minimum absolute atomic E-state index is 0.118. The molecule has 2 rings (SSSR count). The summed E-state index contributed by atoms with van der Waals surface area (Å²) >= 11 is 7.96. The minimum Gasteiger partial charge on any atom is -0.274 e. The van der Waals surface area contributed by atoms with E-state index in [0.29, 0.717) is 23.6 Å². The first-order chi connectivity index (χ1) is 8.09. The molecule has 90 valence electrons. The maximum absolute atomic E-state index is 11.9. The Hall–Kier alpha value is -0.620. The molecular formula is C12H11ClINO2. The van der Waals surface area contributed by atoms with Crippen LogP contribution in [-0.2, 0) is 9.59 Å². The molecule has 1 aromatic rings. The predicted molar refractivity (Wildman–Crippen MR) is 75.1 cm³/mol. The van der Waals surface area contributed by atoms with Gasteiger partial charge in [-0.15, -0.1) is 0 Å². The number of amides is 2. The third kappa shape index (κ3) is 2.80. The first-order valence-corrected chi connectivity index (χ1v) is 6.86. The molecule has 0 spiro atoms. The van der Waals surface area contributed by atoms with E-state index < -0.39 is 0 Å². The number of anilines is 1. The lowest BCUT2D eigenvalue weighted by atomic mass is 10.2. The van der Waals surface area contributed by atoms with Crippen molar-refractivity contribution in [1.29, 1.82) is 0 Å². The van der Waals surface area contributed by atoms with E-state index in [0.717, 1.165) is 16.4 Å². The van der Waals surface area contributed by atoms with E-state index in [1.165, 1.54) is 4.90 Å². The van der Waals surface area contributed by atoms with Crippen molar-refractivity contribution in [2.75, 3.05) is 4.90 Å². The van der Waals surface area contributed by atoms with Crippen LogP contribution >= 0.6 is 34.2 Å². The molecule has 2 amide bonds. The molecule has 0 bridgehead atoms. The zero-order valence-corrected chi connectivity index (χ0v) is 12.0. The molecule has 3 nitrogen and oxygen atoms in total. The van der Waals surface area contributed by atoms with Crippen molar-refractivity contribution in [3.05, 3.63) is 26.8 Å². The summed E-state index contributed by atoms with van der Waals surface area (Å²) in [5, 5.41) is 0.605. The van der Waals surface area contributed by atoms with E-state index in [-0.39, 0.29) is 11.8 Å². The third-order valence-electron chi connectivity index (χ3n) is 2.68. The Bertz CT molecular complexity index is 458. The van der Waals surface area contributed by atoms with Gasteiger partial charge in [-0.3, -0.25) is 9.59 Å². The summed E-state index contributed by atoms with van der Waals surface area (Å²) < 4.78 is 0.818. The number of halogens is 2.